The lowest BCUT2D eigenvalue weighted by Crippen LogP contribution is -2.14. The smallest absolute Gasteiger partial charge is 0.324 e. The van der Waals surface area contributed by atoms with Crippen LogP contribution in [0.4, 0.5) is 17.6 Å². The van der Waals surface area contributed by atoms with E-state index in [0.717, 1.165) is 0 Å². The standard InChI is InChI=1S/C13H17F4O5PS/c1-4-23(18,22-9(2)3)8-21-24(19,20)12-6-5-10(7-11(12)14)13(15,16)17/h5-7,9H,4,8H2,1-3H3. The average Bonchev–Trinajstić information content (AvgIpc) is 2.43. The van der Waals surface area contributed by atoms with Crippen molar-refractivity contribution in [1.29, 1.82) is 0 Å². The number of alkyl halides is 3. The molecule has 0 saturated carbocycles. The SMILES string of the molecule is CCP(=O)(COS(=O)(=O)c1ccc(C(F)(F)F)cc1F)OC(C)C. The molecule has 0 saturated heterocycles. The molecule has 1 atom stereocenters. The second-order valence-electron chi connectivity index (χ2n) is 5.13. The van der Waals surface area contributed by atoms with Crippen LogP contribution in [0.25, 0.3) is 0 Å². The Kier molecular flexibility index (Phi) is 6.60. The van der Waals surface area contributed by atoms with Gasteiger partial charge in [-0.3, -0.25) is 8.75 Å². The molecule has 11 heteroatoms. The Morgan fingerprint density at radius 1 is 1.25 bits per heavy atom. The summed E-state index contributed by atoms with van der Waals surface area (Å²) in [7, 11) is -8.16. The van der Waals surface area contributed by atoms with Crippen molar-refractivity contribution in [3.05, 3.63) is 29.6 Å². The third-order valence-corrected chi connectivity index (χ3v) is 6.58. The van der Waals surface area contributed by atoms with Crippen LogP contribution in [0.2, 0.25) is 0 Å². The molecule has 0 radical (unpaired) electrons. The fourth-order valence-electron chi connectivity index (χ4n) is 1.67. The Morgan fingerprint density at radius 3 is 2.25 bits per heavy atom. The summed E-state index contributed by atoms with van der Waals surface area (Å²) < 4.78 is 97.0. The van der Waals surface area contributed by atoms with E-state index in [1.165, 1.54) is 6.92 Å². The first-order chi connectivity index (χ1) is 10.8. The zero-order valence-electron chi connectivity index (χ0n) is 13.1. The summed E-state index contributed by atoms with van der Waals surface area (Å²) in [6.45, 7) is 4.68. The molecular weight excluding hydrogens is 375 g/mol. The molecule has 138 valence electrons. The predicted octanol–water partition coefficient (Wildman–Crippen LogP) is 4.23. The minimum absolute atomic E-state index is 0.0177. The molecule has 0 heterocycles. The van der Waals surface area contributed by atoms with E-state index in [1.807, 2.05) is 0 Å². The molecule has 1 rings (SSSR count). The van der Waals surface area contributed by atoms with E-state index < -0.39 is 52.4 Å². The lowest BCUT2D eigenvalue weighted by molar-refractivity contribution is -0.137. The van der Waals surface area contributed by atoms with Crippen LogP contribution in [0.5, 0.6) is 0 Å². The summed E-state index contributed by atoms with van der Waals surface area (Å²) in [6.07, 6.45) is -6.11. The maximum absolute atomic E-state index is 13.7. The zero-order valence-corrected chi connectivity index (χ0v) is 14.8. The van der Waals surface area contributed by atoms with Gasteiger partial charge in [0.05, 0.1) is 11.7 Å². The number of benzene rings is 1. The number of hydrogen-bond acceptors (Lipinski definition) is 5. The molecule has 5 nitrogen and oxygen atoms in total. The first-order valence-electron chi connectivity index (χ1n) is 6.83. The largest absolute Gasteiger partial charge is 0.416 e. The molecule has 0 aromatic heterocycles. The summed E-state index contributed by atoms with van der Waals surface area (Å²) in [5.74, 6) is -1.61. The van der Waals surface area contributed by atoms with Crippen LogP contribution < -0.4 is 0 Å². The van der Waals surface area contributed by atoms with Gasteiger partial charge in [-0.15, -0.1) is 0 Å². The quantitative estimate of drug-likeness (QED) is 0.395. The van der Waals surface area contributed by atoms with E-state index in [1.54, 1.807) is 13.8 Å². The summed E-state index contributed by atoms with van der Waals surface area (Å²) >= 11 is 0. The molecule has 0 N–H and O–H groups in total. The summed E-state index contributed by atoms with van der Waals surface area (Å²) in [5.41, 5.74) is -1.33. The van der Waals surface area contributed by atoms with Gasteiger partial charge in [0, 0.05) is 6.16 Å². The van der Waals surface area contributed by atoms with Crippen LogP contribution in [0.1, 0.15) is 26.3 Å². The molecule has 1 aromatic rings. The van der Waals surface area contributed by atoms with Gasteiger partial charge in [0.1, 0.15) is 17.1 Å². The third-order valence-electron chi connectivity index (χ3n) is 2.82. The maximum Gasteiger partial charge on any atom is 0.416 e. The van der Waals surface area contributed by atoms with Gasteiger partial charge in [-0.2, -0.15) is 21.6 Å². The molecule has 0 bridgehead atoms. The van der Waals surface area contributed by atoms with Crippen molar-refractivity contribution in [1.82, 2.24) is 0 Å². The van der Waals surface area contributed by atoms with Gasteiger partial charge < -0.3 is 4.52 Å². The Hall–Kier alpha value is -0.960. The zero-order chi connectivity index (χ0) is 18.8. The van der Waals surface area contributed by atoms with Crippen LogP contribution in [0.15, 0.2) is 23.1 Å². The molecular formula is C13H17F4O5PS. The summed E-state index contributed by atoms with van der Waals surface area (Å²) in [5, 5.41) is 0. The van der Waals surface area contributed by atoms with Gasteiger partial charge >= 0.3 is 6.18 Å². The van der Waals surface area contributed by atoms with E-state index in [4.69, 9.17) is 4.52 Å². The van der Waals surface area contributed by atoms with E-state index >= 15 is 0 Å². The molecule has 0 amide bonds. The first-order valence-corrected chi connectivity index (χ1v) is 10.2. The molecule has 1 unspecified atom stereocenters. The van der Waals surface area contributed by atoms with Crippen LogP contribution in [0.3, 0.4) is 0 Å². The van der Waals surface area contributed by atoms with Crippen molar-refractivity contribution in [2.45, 2.75) is 37.9 Å². The molecule has 1 aromatic carbocycles. The second kappa shape index (κ2) is 7.51. The highest BCUT2D eigenvalue weighted by molar-refractivity contribution is 7.87. The van der Waals surface area contributed by atoms with Crippen molar-refractivity contribution < 1.29 is 39.3 Å². The molecule has 24 heavy (non-hydrogen) atoms. The number of hydrogen-bond donors (Lipinski definition) is 0. The third kappa shape index (κ3) is 5.54. The van der Waals surface area contributed by atoms with Gasteiger partial charge in [0.25, 0.3) is 10.1 Å². The van der Waals surface area contributed by atoms with Gasteiger partial charge in [0.2, 0.25) is 7.37 Å². The second-order valence-corrected chi connectivity index (χ2v) is 9.44. The van der Waals surface area contributed by atoms with Crippen molar-refractivity contribution >= 4 is 17.5 Å². The molecule has 0 aliphatic carbocycles. The lowest BCUT2D eigenvalue weighted by Gasteiger charge is -2.19. The van der Waals surface area contributed by atoms with Crippen LogP contribution >= 0.6 is 7.37 Å². The number of rotatable bonds is 7. The summed E-state index contributed by atoms with van der Waals surface area (Å²) in [6, 6.07) is 0.928. The van der Waals surface area contributed by atoms with Crippen molar-refractivity contribution in [3.8, 4) is 0 Å². The van der Waals surface area contributed by atoms with Gasteiger partial charge in [0.15, 0.2) is 0 Å². The van der Waals surface area contributed by atoms with Crippen molar-refractivity contribution in [3.63, 3.8) is 0 Å². The Morgan fingerprint density at radius 2 is 1.83 bits per heavy atom. The molecule has 0 spiro atoms. The predicted molar refractivity (Wildman–Crippen MR) is 78.9 cm³/mol. The maximum atomic E-state index is 13.7. The fraction of sp³-hybridized carbons (Fsp3) is 0.538. The molecule has 0 aliphatic heterocycles. The van der Waals surface area contributed by atoms with Gasteiger partial charge in [-0.25, -0.2) is 4.39 Å². The van der Waals surface area contributed by atoms with E-state index in [-0.39, 0.29) is 12.2 Å². The molecule has 0 aliphatic rings. The first kappa shape index (κ1) is 21.1. The van der Waals surface area contributed by atoms with Gasteiger partial charge in [-0.1, -0.05) is 6.92 Å². The highest BCUT2D eigenvalue weighted by Crippen LogP contribution is 2.48. The van der Waals surface area contributed by atoms with Gasteiger partial charge in [-0.05, 0) is 32.0 Å². The Labute approximate surface area is 137 Å². The lowest BCUT2D eigenvalue weighted by atomic mass is 10.2. The van der Waals surface area contributed by atoms with E-state index in [9.17, 15) is 30.5 Å². The van der Waals surface area contributed by atoms with Crippen molar-refractivity contribution in [2.24, 2.45) is 0 Å². The monoisotopic (exact) mass is 392 g/mol. The Bertz CT molecular complexity index is 730. The van der Waals surface area contributed by atoms with E-state index in [2.05, 4.69) is 4.18 Å². The number of halogens is 4. The van der Waals surface area contributed by atoms with Crippen LogP contribution in [0, 0.1) is 5.82 Å². The van der Waals surface area contributed by atoms with E-state index in [0.29, 0.717) is 12.1 Å². The fourth-order valence-corrected chi connectivity index (χ4v) is 4.69. The average molecular weight is 392 g/mol. The highest BCUT2D eigenvalue weighted by Gasteiger charge is 2.33. The highest BCUT2D eigenvalue weighted by atomic mass is 32.2. The minimum atomic E-state index is -4.81. The van der Waals surface area contributed by atoms with Crippen LogP contribution in [-0.2, 0) is 29.6 Å². The summed E-state index contributed by atoms with van der Waals surface area (Å²) in [4.78, 5) is -1.07. The van der Waals surface area contributed by atoms with Crippen LogP contribution in [-0.4, -0.2) is 27.0 Å². The molecule has 0 fully saturated rings. The van der Waals surface area contributed by atoms with Crippen molar-refractivity contribution in [2.75, 3.05) is 12.5 Å². The topological polar surface area (TPSA) is 69.7 Å². The minimum Gasteiger partial charge on any atom is -0.324 e. The normalized spacial score (nSPS) is 15.5. The Balaban J connectivity index is 3.03.